The normalized spacial score (nSPS) is 22.2. The molecule has 2 aromatic carbocycles. The number of para-hydroxylation sites is 1. The molecule has 3 aliphatic heterocycles. The van der Waals surface area contributed by atoms with Crippen molar-refractivity contribution in [2.24, 2.45) is 7.05 Å². The second-order valence-corrected chi connectivity index (χ2v) is 9.81. The first kappa shape index (κ1) is 20.6. The molecule has 2 fully saturated rings. The van der Waals surface area contributed by atoms with E-state index in [1.165, 1.54) is 6.07 Å². The monoisotopic (exact) mass is 445 g/mol. The quantitative estimate of drug-likeness (QED) is 0.619. The van der Waals surface area contributed by atoms with Crippen LogP contribution >= 0.6 is 0 Å². The highest BCUT2D eigenvalue weighted by atomic mass is 19.1. The molecule has 1 unspecified atom stereocenters. The predicted molar refractivity (Wildman–Crippen MR) is 125 cm³/mol. The number of anilines is 1. The molecule has 0 radical (unpaired) electrons. The Labute approximate surface area is 193 Å². The standard InChI is InChI=1S/C26H28FN5O/c1-29-10-9-21(15-29)31-16-26(17-31)22-5-3-4-6-24(22)32(25(26)33)14-19-8-7-18(11-23(19)27)20-12-28-30(2)13-20/h3-8,11-13,21H,9-10,14-17H2,1-2H3. The van der Waals surface area contributed by atoms with Crippen molar-refractivity contribution in [3.05, 3.63) is 71.8 Å². The Morgan fingerprint density at radius 2 is 1.94 bits per heavy atom. The lowest BCUT2D eigenvalue weighted by molar-refractivity contribution is -0.130. The number of halogens is 1. The molecule has 170 valence electrons. The number of rotatable bonds is 4. The number of nitrogens with zero attached hydrogens (tertiary/aromatic N) is 5. The lowest BCUT2D eigenvalue weighted by atomic mass is 9.73. The lowest BCUT2D eigenvalue weighted by Crippen LogP contribution is -2.66. The third-order valence-corrected chi connectivity index (χ3v) is 7.61. The number of likely N-dealkylation sites (tertiary alicyclic amines) is 2. The van der Waals surface area contributed by atoms with Gasteiger partial charge in [0.15, 0.2) is 0 Å². The van der Waals surface area contributed by atoms with Crippen molar-refractivity contribution in [1.82, 2.24) is 19.6 Å². The minimum atomic E-state index is -0.496. The van der Waals surface area contributed by atoms with Crippen molar-refractivity contribution in [1.29, 1.82) is 0 Å². The van der Waals surface area contributed by atoms with Crippen LogP contribution in [-0.2, 0) is 23.8 Å². The van der Waals surface area contributed by atoms with Crippen molar-refractivity contribution in [2.75, 3.05) is 38.1 Å². The van der Waals surface area contributed by atoms with Gasteiger partial charge in [0.25, 0.3) is 0 Å². The third kappa shape index (κ3) is 3.21. The Morgan fingerprint density at radius 3 is 2.64 bits per heavy atom. The van der Waals surface area contributed by atoms with Gasteiger partial charge in [0.1, 0.15) is 11.2 Å². The van der Waals surface area contributed by atoms with E-state index in [1.807, 2.05) is 37.5 Å². The molecule has 2 saturated heterocycles. The summed E-state index contributed by atoms with van der Waals surface area (Å²) in [4.78, 5) is 20.3. The molecule has 6 nitrogen and oxygen atoms in total. The van der Waals surface area contributed by atoms with E-state index >= 15 is 4.39 Å². The average Bonchev–Trinajstić information content (AvgIpc) is 3.46. The van der Waals surface area contributed by atoms with Gasteiger partial charge in [-0.2, -0.15) is 5.10 Å². The zero-order chi connectivity index (χ0) is 22.7. The molecule has 4 heterocycles. The molecule has 0 bridgehead atoms. The van der Waals surface area contributed by atoms with Crippen molar-refractivity contribution in [3.8, 4) is 11.1 Å². The summed E-state index contributed by atoms with van der Waals surface area (Å²) >= 11 is 0. The second-order valence-electron chi connectivity index (χ2n) is 9.81. The van der Waals surface area contributed by atoms with Crippen molar-refractivity contribution in [3.63, 3.8) is 0 Å². The summed E-state index contributed by atoms with van der Waals surface area (Å²) in [6.07, 6.45) is 4.74. The number of hydrogen-bond acceptors (Lipinski definition) is 4. The maximum Gasteiger partial charge on any atom is 0.240 e. The molecule has 0 saturated carbocycles. The molecule has 1 atom stereocenters. The van der Waals surface area contributed by atoms with Gasteiger partial charge >= 0.3 is 0 Å². The highest BCUT2D eigenvalue weighted by Gasteiger charge is 2.59. The fraction of sp³-hybridized carbons (Fsp3) is 0.385. The zero-order valence-electron chi connectivity index (χ0n) is 19.0. The number of aryl methyl sites for hydroxylation is 1. The molecule has 6 rings (SSSR count). The first-order valence-corrected chi connectivity index (χ1v) is 11.6. The van der Waals surface area contributed by atoms with E-state index in [9.17, 15) is 4.79 Å². The summed E-state index contributed by atoms with van der Waals surface area (Å²) in [5.74, 6) is -0.200. The molecule has 1 aromatic heterocycles. The van der Waals surface area contributed by atoms with Gasteiger partial charge in [-0.1, -0.05) is 30.3 Å². The van der Waals surface area contributed by atoms with Crippen LogP contribution in [0.25, 0.3) is 11.1 Å². The van der Waals surface area contributed by atoms with E-state index in [2.05, 4.69) is 28.0 Å². The highest BCUT2D eigenvalue weighted by molar-refractivity contribution is 6.09. The molecule has 3 aliphatic rings. The first-order chi connectivity index (χ1) is 15.9. The number of fused-ring (bicyclic) bond motifs is 2. The van der Waals surface area contributed by atoms with Crippen molar-refractivity contribution < 1.29 is 9.18 Å². The fourth-order valence-corrected chi connectivity index (χ4v) is 5.77. The summed E-state index contributed by atoms with van der Waals surface area (Å²) in [5.41, 5.74) is 3.69. The molecule has 33 heavy (non-hydrogen) atoms. The Bertz CT molecular complexity index is 1230. The fourth-order valence-electron chi connectivity index (χ4n) is 5.77. The number of amides is 1. The predicted octanol–water partition coefficient (Wildman–Crippen LogP) is 3.03. The minimum absolute atomic E-state index is 0.0991. The summed E-state index contributed by atoms with van der Waals surface area (Å²) < 4.78 is 16.8. The summed E-state index contributed by atoms with van der Waals surface area (Å²) in [6.45, 7) is 3.91. The van der Waals surface area contributed by atoms with E-state index < -0.39 is 5.41 Å². The molecule has 7 heteroatoms. The van der Waals surface area contributed by atoms with Gasteiger partial charge in [0, 0.05) is 55.7 Å². The smallest absolute Gasteiger partial charge is 0.240 e. The SMILES string of the molecule is CN1CCC(N2CC3(C2)C(=O)N(Cc2ccc(-c4cnn(C)c4)cc2F)c2ccccc23)C1. The Kier molecular flexibility index (Phi) is 4.67. The van der Waals surface area contributed by atoms with E-state index in [1.54, 1.807) is 21.8 Å². The van der Waals surface area contributed by atoms with Gasteiger partial charge in [0.2, 0.25) is 5.91 Å². The van der Waals surface area contributed by atoms with Crippen LogP contribution in [0.1, 0.15) is 17.5 Å². The second kappa shape index (κ2) is 7.50. The lowest BCUT2D eigenvalue weighted by Gasteiger charge is -2.49. The largest absolute Gasteiger partial charge is 0.307 e. The zero-order valence-corrected chi connectivity index (χ0v) is 19.0. The van der Waals surface area contributed by atoms with Gasteiger partial charge in [-0.25, -0.2) is 4.39 Å². The van der Waals surface area contributed by atoms with Crippen LogP contribution in [0.3, 0.4) is 0 Å². The van der Waals surface area contributed by atoms with Gasteiger partial charge < -0.3 is 9.80 Å². The Morgan fingerprint density at radius 1 is 1.12 bits per heavy atom. The van der Waals surface area contributed by atoms with Gasteiger partial charge in [-0.15, -0.1) is 0 Å². The number of aromatic nitrogens is 2. The molecule has 0 N–H and O–H groups in total. The van der Waals surface area contributed by atoms with Gasteiger partial charge in [-0.05, 0) is 43.3 Å². The topological polar surface area (TPSA) is 44.6 Å². The van der Waals surface area contributed by atoms with E-state index in [-0.39, 0.29) is 18.3 Å². The molecular weight excluding hydrogens is 417 g/mol. The average molecular weight is 446 g/mol. The number of likely N-dealkylation sites (N-methyl/N-ethyl adjacent to an activating group) is 1. The van der Waals surface area contributed by atoms with Crippen LogP contribution in [-0.4, -0.2) is 64.8 Å². The maximum atomic E-state index is 15.1. The number of carbonyl (C=O) groups is 1. The van der Waals surface area contributed by atoms with E-state index in [0.29, 0.717) is 11.6 Å². The number of benzene rings is 2. The Hall–Kier alpha value is -3.03. The van der Waals surface area contributed by atoms with Crippen molar-refractivity contribution in [2.45, 2.75) is 24.4 Å². The Balaban J connectivity index is 1.26. The van der Waals surface area contributed by atoms with E-state index in [4.69, 9.17) is 0 Å². The van der Waals surface area contributed by atoms with Crippen LogP contribution in [0.4, 0.5) is 10.1 Å². The summed E-state index contributed by atoms with van der Waals surface area (Å²) in [6, 6.07) is 13.8. The molecule has 1 spiro atoms. The first-order valence-electron chi connectivity index (χ1n) is 11.6. The van der Waals surface area contributed by atoms with E-state index in [0.717, 1.165) is 55.0 Å². The number of hydrogen-bond donors (Lipinski definition) is 0. The molecule has 0 aliphatic carbocycles. The van der Waals surface area contributed by atoms with Crippen LogP contribution < -0.4 is 4.90 Å². The van der Waals surface area contributed by atoms with Crippen LogP contribution in [0.2, 0.25) is 0 Å². The number of carbonyl (C=O) groups excluding carboxylic acids is 1. The third-order valence-electron chi connectivity index (χ3n) is 7.61. The van der Waals surface area contributed by atoms with Crippen LogP contribution in [0, 0.1) is 5.82 Å². The van der Waals surface area contributed by atoms with Crippen molar-refractivity contribution >= 4 is 11.6 Å². The minimum Gasteiger partial charge on any atom is -0.307 e. The summed E-state index contributed by atoms with van der Waals surface area (Å²) in [5, 5.41) is 4.17. The van der Waals surface area contributed by atoms with Crippen LogP contribution in [0.15, 0.2) is 54.9 Å². The maximum absolute atomic E-state index is 15.1. The van der Waals surface area contributed by atoms with Crippen LogP contribution in [0.5, 0.6) is 0 Å². The molecule has 1 amide bonds. The van der Waals surface area contributed by atoms with Gasteiger partial charge in [0.05, 0.1) is 12.7 Å². The van der Waals surface area contributed by atoms with Gasteiger partial charge in [-0.3, -0.25) is 14.4 Å². The molecule has 3 aromatic rings. The summed E-state index contributed by atoms with van der Waals surface area (Å²) in [7, 11) is 3.99. The highest BCUT2D eigenvalue weighted by Crippen LogP contribution is 2.49. The molecular formula is C26H28FN5O.